The minimum absolute atomic E-state index is 0.0400. The molecule has 0 spiro atoms. The van der Waals surface area contributed by atoms with Crippen LogP contribution < -0.4 is 5.32 Å². The Hall–Kier alpha value is -1.84. The highest BCUT2D eigenvalue weighted by atomic mass is 16.5. The Morgan fingerprint density at radius 3 is 2.22 bits per heavy atom. The van der Waals surface area contributed by atoms with Crippen molar-refractivity contribution in [2.45, 2.75) is 65.9 Å². The number of esters is 1. The number of aryl methyl sites for hydroxylation is 3. The molecule has 1 unspecified atom stereocenters. The molecule has 0 bridgehead atoms. The van der Waals surface area contributed by atoms with Crippen molar-refractivity contribution in [2.75, 3.05) is 5.32 Å². The van der Waals surface area contributed by atoms with E-state index in [9.17, 15) is 9.59 Å². The fourth-order valence-corrected chi connectivity index (χ4v) is 3.26. The van der Waals surface area contributed by atoms with Crippen molar-refractivity contribution in [1.82, 2.24) is 0 Å². The highest BCUT2D eigenvalue weighted by Crippen LogP contribution is 2.26. The number of carbonyl (C=O) groups excluding carboxylic acids is 2. The first-order valence-electron chi connectivity index (χ1n) is 8.47. The molecule has 1 atom stereocenters. The van der Waals surface area contributed by atoms with Crippen molar-refractivity contribution < 1.29 is 14.3 Å². The Labute approximate surface area is 138 Å². The molecular weight excluding hydrogens is 290 g/mol. The molecule has 2 rings (SSSR count). The van der Waals surface area contributed by atoms with Gasteiger partial charge in [0.05, 0.1) is 5.92 Å². The van der Waals surface area contributed by atoms with Crippen LogP contribution >= 0.6 is 0 Å². The van der Waals surface area contributed by atoms with Gasteiger partial charge in [-0.15, -0.1) is 0 Å². The van der Waals surface area contributed by atoms with Crippen molar-refractivity contribution in [3.8, 4) is 0 Å². The van der Waals surface area contributed by atoms with Crippen LogP contribution in [-0.2, 0) is 14.3 Å². The summed E-state index contributed by atoms with van der Waals surface area (Å²) in [4.78, 5) is 24.5. The Bertz CT molecular complexity index is 565. The van der Waals surface area contributed by atoms with Gasteiger partial charge in [0.25, 0.3) is 5.91 Å². The summed E-state index contributed by atoms with van der Waals surface area (Å²) in [6.45, 7) is 7.59. The average Bonchev–Trinajstić information content (AvgIpc) is 2.51. The van der Waals surface area contributed by atoms with Crippen LogP contribution in [0.5, 0.6) is 0 Å². The molecule has 23 heavy (non-hydrogen) atoms. The van der Waals surface area contributed by atoms with E-state index >= 15 is 0 Å². The summed E-state index contributed by atoms with van der Waals surface area (Å²) in [5.41, 5.74) is 4.00. The number of benzene rings is 1. The highest BCUT2D eigenvalue weighted by Gasteiger charge is 2.26. The van der Waals surface area contributed by atoms with E-state index in [0.717, 1.165) is 48.1 Å². The molecule has 1 amide bonds. The van der Waals surface area contributed by atoms with Crippen LogP contribution in [0.15, 0.2) is 12.1 Å². The van der Waals surface area contributed by atoms with Crippen LogP contribution in [0.4, 0.5) is 5.69 Å². The van der Waals surface area contributed by atoms with Crippen LogP contribution in [0.3, 0.4) is 0 Å². The van der Waals surface area contributed by atoms with Crippen molar-refractivity contribution in [3.63, 3.8) is 0 Å². The van der Waals surface area contributed by atoms with Crippen molar-refractivity contribution in [3.05, 3.63) is 28.8 Å². The van der Waals surface area contributed by atoms with Gasteiger partial charge in [-0.2, -0.15) is 0 Å². The molecule has 1 aliphatic carbocycles. The van der Waals surface area contributed by atoms with E-state index < -0.39 is 6.10 Å². The number of anilines is 1. The lowest BCUT2D eigenvalue weighted by Crippen LogP contribution is -2.33. The van der Waals surface area contributed by atoms with Gasteiger partial charge in [0.2, 0.25) is 0 Å². The number of nitrogens with one attached hydrogen (secondary N) is 1. The lowest BCUT2D eigenvalue weighted by molar-refractivity contribution is -0.158. The summed E-state index contributed by atoms with van der Waals surface area (Å²) in [6, 6.07) is 4.06. The topological polar surface area (TPSA) is 55.4 Å². The molecule has 0 heterocycles. The zero-order valence-electron chi connectivity index (χ0n) is 14.6. The summed E-state index contributed by atoms with van der Waals surface area (Å²) < 4.78 is 5.38. The summed E-state index contributed by atoms with van der Waals surface area (Å²) in [6.07, 6.45) is 4.31. The number of carbonyl (C=O) groups is 2. The van der Waals surface area contributed by atoms with E-state index in [-0.39, 0.29) is 17.8 Å². The van der Waals surface area contributed by atoms with E-state index in [0.29, 0.717) is 0 Å². The molecule has 1 N–H and O–H groups in total. The molecule has 1 saturated carbocycles. The number of hydrogen-bond acceptors (Lipinski definition) is 3. The maximum atomic E-state index is 12.3. The van der Waals surface area contributed by atoms with Gasteiger partial charge in [-0.25, -0.2) is 0 Å². The van der Waals surface area contributed by atoms with Gasteiger partial charge in [0.15, 0.2) is 6.10 Å². The Kier molecular flexibility index (Phi) is 5.80. The zero-order chi connectivity index (χ0) is 17.0. The summed E-state index contributed by atoms with van der Waals surface area (Å²) in [7, 11) is 0. The first-order chi connectivity index (χ1) is 10.9. The van der Waals surface area contributed by atoms with Gasteiger partial charge < -0.3 is 10.1 Å². The maximum absolute atomic E-state index is 12.3. The Morgan fingerprint density at radius 1 is 1.09 bits per heavy atom. The number of ether oxygens (including phenoxy) is 1. The van der Waals surface area contributed by atoms with Crippen molar-refractivity contribution in [1.29, 1.82) is 0 Å². The number of amides is 1. The standard InChI is InChI=1S/C19H27NO3/c1-12-10-13(2)17(14(3)11-12)20-18(21)15(4)23-19(22)16-8-6-5-7-9-16/h10-11,15-16H,5-9H2,1-4H3,(H,20,21). The molecule has 4 heteroatoms. The van der Waals surface area contributed by atoms with Crippen LogP contribution in [0.2, 0.25) is 0 Å². The molecular formula is C19H27NO3. The third-order valence-electron chi connectivity index (χ3n) is 4.53. The second-order valence-corrected chi connectivity index (χ2v) is 6.68. The van der Waals surface area contributed by atoms with Crippen molar-refractivity contribution in [2.24, 2.45) is 5.92 Å². The van der Waals surface area contributed by atoms with E-state index in [1.165, 1.54) is 6.42 Å². The third-order valence-corrected chi connectivity index (χ3v) is 4.53. The molecule has 1 fully saturated rings. The molecule has 1 aromatic carbocycles. The van der Waals surface area contributed by atoms with Gasteiger partial charge in [-0.05, 0) is 51.7 Å². The van der Waals surface area contributed by atoms with Crippen LogP contribution in [0.25, 0.3) is 0 Å². The van der Waals surface area contributed by atoms with Gasteiger partial charge in [0, 0.05) is 5.69 Å². The number of rotatable bonds is 4. The zero-order valence-corrected chi connectivity index (χ0v) is 14.6. The SMILES string of the molecule is Cc1cc(C)c(NC(=O)C(C)OC(=O)C2CCCCC2)c(C)c1. The van der Waals surface area contributed by atoms with Gasteiger partial charge in [-0.1, -0.05) is 37.0 Å². The monoisotopic (exact) mass is 317 g/mol. The fourth-order valence-electron chi connectivity index (χ4n) is 3.26. The summed E-state index contributed by atoms with van der Waals surface area (Å²) >= 11 is 0. The van der Waals surface area contributed by atoms with Crippen LogP contribution in [0.1, 0.15) is 55.7 Å². The number of hydrogen-bond donors (Lipinski definition) is 1. The molecule has 0 aromatic heterocycles. The first kappa shape index (κ1) is 17.5. The molecule has 1 aromatic rings. The fraction of sp³-hybridized carbons (Fsp3) is 0.579. The minimum atomic E-state index is -0.774. The first-order valence-corrected chi connectivity index (χ1v) is 8.47. The lowest BCUT2D eigenvalue weighted by atomic mass is 9.89. The smallest absolute Gasteiger partial charge is 0.309 e. The van der Waals surface area contributed by atoms with E-state index in [2.05, 4.69) is 5.32 Å². The van der Waals surface area contributed by atoms with Crippen molar-refractivity contribution >= 4 is 17.6 Å². The van der Waals surface area contributed by atoms with Crippen LogP contribution in [0, 0.1) is 26.7 Å². The summed E-state index contributed by atoms with van der Waals surface area (Å²) in [5.74, 6) is -0.546. The average molecular weight is 317 g/mol. The second-order valence-electron chi connectivity index (χ2n) is 6.68. The van der Waals surface area contributed by atoms with E-state index in [1.54, 1.807) is 6.92 Å². The molecule has 126 valence electrons. The third kappa shape index (κ3) is 4.57. The maximum Gasteiger partial charge on any atom is 0.309 e. The van der Waals surface area contributed by atoms with E-state index in [1.807, 2.05) is 32.9 Å². The highest BCUT2D eigenvalue weighted by molar-refractivity contribution is 5.96. The Morgan fingerprint density at radius 2 is 1.65 bits per heavy atom. The minimum Gasteiger partial charge on any atom is -0.452 e. The summed E-state index contributed by atoms with van der Waals surface area (Å²) in [5, 5.41) is 2.90. The molecule has 0 aliphatic heterocycles. The van der Waals surface area contributed by atoms with Gasteiger partial charge in [-0.3, -0.25) is 9.59 Å². The Balaban J connectivity index is 1.96. The molecule has 0 saturated heterocycles. The molecule has 0 radical (unpaired) electrons. The normalized spacial score (nSPS) is 16.7. The lowest BCUT2D eigenvalue weighted by Gasteiger charge is -2.22. The second kappa shape index (κ2) is 7.62. The largest absolute Gasteiger partial charge is 0.452 e. The van der Waals surface area contributed by atoms with Gasteiger partial charge in [0.1, 0.15) is 0 Å². The van der Waals surface area contributed by atoms with E-state index in [4.69, 9.17) is 4.74 Å². The molecule has 4 nitrogen and oxygen atoms in total. The van der Waals surface area contributed by atoms with Gasteiger partial charge >= 0.3 is 5.97 Å². The van der Waals surface area contributed by atoms with Crippen LogP contribution in [-0.4, -0.2) is 18.0 Å². The quantitative estimate of drug-likeness (QED) is 0.852. The predicted octanol–water partition coefficient (Wildman–Crippen LogP) is 4.06. The predicted molar refractivity (Wildman–Crippen MR) is 91.4 cm³/mol. The molecule has 1 aliphatic rings.